The van der Waals surface area contributed by atoms with Crippen LogP contribution in [0.4, 0.5) is 0 Å². The standard InChI is InChI=1S/C35H50O14/c1-7-19(2)17-20(3)13-14-25(37)47-28-27(38)33(48-29(30(39)40)34(45,31(41)42)35(28,49-33)32(43)44)16-15-21(4)26(46-23(6)36)22(5)18-24-11-9-8-10-12-24/h8-12,19-22,26-29,38,45H,7,13-18H2,1-6H3,(H,39,40)(H,41,42)(H,43,44)/t19-,20+,21-,22+,26+,27+,28+,29+,33-,34+,35-/m0/s1. The second-order valence-electron chi connectivity index (χ2n) is 13.9. The molecule has 3 rings (SSSR count). The van der Waals surface area contributed by atoms with Crippen molar-refractivity contribution in [1.29, 1.82) is 0 Å². The van der Waals surface area contributed by atoms with Crippen LogP contribution in [0.2, 0.25) is 0 Å². The molecule has 11 atom stereocenters. The number of esters is 2. The van der Waals surface area contributed by atoms with Crippen molar-refractivity contribution in [2.45, 2.75) is 128 Å². The molecule has 0 saturated carbocycles. The molecule has 274 valence electrons. The van der Waals surface area contributed by atoms with Gasteiger partial charge in [-0.1, -0.05) is 71.4 Å². The molecule has 2 saturated heterocycles. The van der Waals surface area contributed by atoms with Crippen LogP contribution in [0.1, 0.15) is 85.6 Å². The van der Waals surface area contributed by atoms with Gasteiger partial charge in [0.25, 0.3) is 0 Å². The Kier molecular flexibility index (Phi) is 13.0. The second kappa shape index (κ2) is 16.0. The summed E-state index contributed by atoms with van der Waals surface area (Å²) >= 11 is 0. The van der Waals surface area contributed by atoms with E-state index in [2.05, 4.69) is 6.92 Å². The highest BCUT2D eigenvalue weighted by Crippen LogP contribution is 2.56. The summed E-state index contributed by atoms with van der Waals surface area (Å²) in [7, 11) is 0. The van der Waals surface area contributed by atoms with Gasteiger partial charge in [0.15, 0.2) is 6.10 Å². The summed E-state index contributed by atoms with van der Waals surface area (Å²) in [6.45, 7) is 10.9. The highest BCUT2D eigenvalue weighted by Gasteiger charge is 2.85. The van der Waals surface area contributed by atoms with Crippen molar-refractivity contribution in [3.05, 3.63) is 35.9 Å². The quantitative estimate of drug-likeness (QED) is 0.139. The van der Waals surface area contributed by atoms with Gasteiger partial charge in [0.05, 0.1) is 0 Å². The maximum atomic E-state index is 13.1. The van der Waals surface area contributed by atoms with Gasteiger partial charge >= 0.3 is 29.8 Å². The number of carboxylic acids is 3. The normalized spacial score (nSPS) is 30.7. The third kappa shape index (κ3) is 8.08. The lowest BCUT2D eigenvalue weighted by molar-refractivity contribution is -0.374. The lowest BCUT2D eigenvalue weighted by atomic mass is 9.74. The van der Waals surface area contributed by atoms with Gasteiger partial charge in [0, 0.05) is 19.8 Å². The van der Waals surface area contributed by atoms with E-state index in [0.717, 1.165) is 18.4 Å². The first-order chi connectivity index (χ1) is 22.9. The molecule has 2 heterocycles. The van der Waals surface area contributed by atoms with Gasteiger partial charge in [0.1, 0.15) is 12.2 Å². The summed E-state index contributed by atoms with van der Waals surface area (Å²) in [5.41, 5.74) is -6.36. The summed E-state index contributed by atoms with van der Waals surface area (Å²) in [6.07, 6.45) is -6.27. The molecule has 0 amide bonds. The number of carbonyl (C=O) groups is 5. The average molecular weight is 695 g/mol. The van der Waals surface area contributed by atoms with Gasteiger partial charge in [-0.2, -0.15) is 0 Å². The summed E-state index contributed by atoms with van der Waals surface area (Å²) < 4.78 is 22.4. The van der Waals surface area contributed by atoms with Crippen molar-refractivity contribution in [3.63, 3.8) is 0 Å². The predicted molar refractivity (Wildman–Crippen MR) is 171 cm³/mol. The van der Waals surface area contributed by atoms with E-state index >= 15 is 0 Å². The molecule has 0 aliphatic carbocycles. The van der Waals surface area contributed by atoms with Gasteiger partial charge in [-0.25, -0.2) is 14.4 Å². The number of rotatable bonds is 18. The molecule has 0 spiro atoms. The van der Waals surface area contributed by atoms with E-state index in [1.807, 2.05) is 51.1 Å². The highest BCUT2D eigenvalue weighted by molar-refractivity contribution is 5.98. The number of carbonyl (C=O) groups excluding carboxylic acids is 2. The summed E-state index contributed by atoms with van der Waals surface area (Å²) in [5, 5.41) is 53.7. The molecular formula is C35H50O14. The molecule has 2 fully saturated rings. The van der Waals surface area contributed by atoms with Crippen molar-refractivity contribution >= 4 is 29.8 Å². The van der Waals surface area contributed by atoms with Gasteiger partial charge in [0.2, 0.25) is 23.1 Å². The zero-order chi connectivity index (χ0) is 36.9. The lowest BCUT2D eigenvalue weighted by Gasteiger charge is -2.48. The first-order valence-corrected chi connectivity index (χ1v) is 16.7. The van der Waals surface area contributed by atoms with Crippen LogP contribution in [0, 0.1) is 23.7 Å². The van der Waals surface area contributed by atoms with Crippen LogP contribution in [-0.4, -0.2) is 96.8 Å². The van der Waals surface area contributed by atoms with Gasteiger partial charge < -0.3 is 44.5 Å². The molecule has 2 bridgehead atoms. The molecule has 2 aliphatic rings. The highest BCUT2D eigenvalue weighted by atomic mass is 16.8. The van der Waals surface area contributed by atoms with Crippen LogP contribution in [0.3, 0.4) is 0 Å². The zero-order valence-electron chi connectivity index (χ0n) is 28.9. The van der Waals surface area contributed by atoms with E-state index in [-0.39, 0.29) is 24.7 Å². The third-order valence-corrected chi connectivity index (χ3v) is 9.98. The number of fused-ring (bicyclic) bond motifs is 2. The number of aliphatic carboxylic acids is 3. The Morgan fingerprint density at radius 1 is 0.918 bits per heavy atom. The number of ether oxygens (including phenoxy) is 4. The number of aliphatic hydroxyl groups is 2. The van der Waals surface area contributed by atoms with E-state index in [4.69, 9.17) is 18.9 Å². The largest absolute Gasteiger partial charge is 0.479 e. The maximum Gasteiger partial charge on any atom is 0.344 e. The molecule has 14 nitrogen and oxygen atoms in total. The Hall–Kier alpha value is -3.59. The molecule has 0 radical (unpaired) electrons. The number of carboxylic acid groups (broad SMARTS) is 3. The van der Waals surface area contributed by atoms with Crippen LogP contribution < -0.4 is 0 Å². The first-order valence-electron chi connectivity index (χ1n) is 16.7. The Morgan fingerprint density at radius 2 is 1.55 bits per heavy atom. The fraction of sp³-hybridized carbons (Fsp3) is 0.686. The van der Waals surface area contributed by atoms with Crippen molar-refractivity contribution in [2.75, 3.05) is 0 Å². The third-order valence-electron chi connectivity index (χ3n) is 9.98. The van der Waals surface area contributed by atoms with Crippen molar-refractivity contribution < 1.29 is 68.5 Å². The van der Waals surface area contributed by atoms with E-state index in [1.54, 1.807) is 6.92 Å². The number of aliphatic hydroxyl groups excluding tert-OH is 1. The Labute approximate surface area is 285 Å². The van der Waals surface area contributed by atoms with Crippen LogP contribution in [0.25, 0.3) is 0 Å². The van der Waals surface area contributed by atoms with Crippen molar-refractivity contribution in [2.24, 2.45) is 23.7 Å². The molecular weight excluding hydrogens is 644 g/mol. The summed E-state index contributed by atoms with van der Waals surface area (Å²) in [6, 6.07) is 9.43. The second-order valence-corrected chi connectivity index (χ2v) is 13.9. The van der Waals surface area contributed by atoms with E-state index in [9.17, 15) is 49.5 Å². The first kappa shape index (κ1) is 39.8. The molecule has 1 aromatic rings. The summed E-state index contributed by atoms with van der Waals surface area (Å²) in [5.74, 6) is -11.0. The number of hydrogen-bond donors (Lipinski definition) is 5. The molecule has 49 heavy (non-hydrogen) atoms. The minimum absolute atomic E-state index is 0.0323. The SMILES string of the molecule is CC[C@H](C)C[C@H](C)CCC(=O)O[C@@H]1[C@@H](O)[C@@]2(CC[C@H](C)[C@@H](OC(C)=O)[C@H](C)Cc3ccccc3)O[C@H](C(=O)O)[C@@](O)(C(=O)O)[C@]1(C(=O)O)O2. The minimum Gasteiger partial charge on any atom is -0.479 e. The smallest absolute Gasteiger partial charge is 0.344 e. The van der Waals surface area contributed by atoms with Crippen LogP contribution in [0.15, 0.2) is 30.3 Å². The molecule has 0 unspecified atom stereocenters. The van der Waals surface area contributed by atoms with E-state index in [1.165, 1.54) is 6.92 Å². The molecule has 14 heteroatoms. The maximum absolute atomic E-state index is 13.1. The van der Waals surface area contributed by atoms with Gasteiger partial charge in [-0.15, -0.1) is 0 Å². The summed E-state index contributed by atoms with van der Waals surface area (Å²) in [4.78, 5) is 63.2. The van der Waals surface area contributed by atoms with Crippen molar-refractivity contribution in [1.82, 2.24) is 0 Å². The predicted octanol–water partition coefficient (Wildman–Crippen LogP) is 3.19. The van der Waals surface area contributed by atoms with Crippen molar-refractivity contribution in [3.8, 4) is 0 Å². The fourth-order valence-electron chi connectivity index (χ4n) is 7.16. The van der Waals surface area contributed by atoms with Crippen LogP contribution in [0.5, 0.6) is 0 Å². The average Bonchev–Trinajstić information content (AvgIpc) is 3.25. The Balaban J connectivity index is 1.98. The molecule has 2 aliphatic heterocycles. The topological polar surface area (TPSA) is 223 Å². The van der Waals surface area contributed by atoms with Gasteiger partial charge in [-0.3, -0.25) is 9.59 Å². The van der Waals surface area contributed by atoms with Crippen LogP contribution in [-0.2, 0) is 49.3 Å². The number of hydrogen-bond acceptors (Lipinski definition) is 11. The lowest BCUT2D eigenvalue weighted by Crippen LogP contribution is -2.78. The Bertz CT molecular complexity index is 1350. The molecule has 0 aromatic heterocycles. The van der Waals surface area contributed by atoms with Crippen LogP contribution >= 0.6 is 0 Å². The monoisotopic (exact) mass is 694 g/mol. The molecule has 1 aromatic carbocycles. The minimum atomic E-state index is -3.85. The van der Waals surface area contributed by atoms with Gasteiger partial charge in [-0.05, 0) is 54.9 Å². The number of benzene rings is 1. The molecule has 5 N–H and O–H groups in total. The fourth-order valence-corrected chi connectivity index (χ4v) is 7.16. The van der Waals surface area contributed by atoms with E-state index < -0.39 is 83.6 Å². The van der Waals surface area contributed by atoms with E-state index in [0.29, 0.717) is 18.8 Å². The zero-order valence-corrected chi connectivity index (χ0v) is 28.9. The Morgan fingerprint density at radius 3 is 2.08 bits per heavy atom.